The number of aromatic hydroxyl groups is 1. The molecule has 1 atom stereocenters. The zero-order valence-electron chi connectivity index (χ0n) is 9.28. The molecule has 0 aliphatic rings. The molecule has 0 saturated heterocycles. The van der Waals surface area contributed by atoms with Crippen LogP contribution >= 0.6 is 0 Å². The van der Waals surface area contributed by atoms with Crippen molar-refractivity contribution in [2.24, 2.45) is 0 Å². The third kappa shape index (κ3) is 2.24. The van der Waals surface area contributed by atoms with Crippen LogP contribution in [0.15, 0.2) is 24.8 Å². The Morgan fingerprint density at radius 3 is 2.47 bits per heavy atom. The van der Waals surface area contributed by atoms with Gasteiger partial charge in [0.05, 0.1) is 14.2 Å². The van der Waals surface area contributed by atoms with E-state index in [-0.39, 0.29) is 11.7 Å². The number of phenols is 1. The highest BCUT2D eigenvalue weighted by atomic mass is 16.5. The van der Waals surface area contributed by atoms with E-state index in [0.29, 0.717) is 11.5 Å². The molecule has 0 amide bonds. The minimum Gasteiger partial charge on any atom is -0.504 e. The molecule has 0 spiro atoms. The minimum absolute atomic E-state index is 0.0500. The lowest BCUT2D eigenvalue weighted by atomic mass is 9.99. The second-order valence-corrected chi connectivity index (χ2v) is 3.29. The molecule has 82 valence electrons. The first kappa shape index (κ1) is 11.4. The fraction of sp³-hybridized carbons (Fsp3) is 0.333. The Labute approximate surface area is 90.0 Å². The van der Waals surface area contributed by atoms with Gasteiger partial charge in [0.25, 0.3) is 0 Å². The Balaban J connectivity index is 3.29. The standard InChI is InChI=1S/C12H16O3/c1-5-8(2)10-6-9(14-3)7-11(15-4)12(10)13/h5-8,13H,1H2,2-4H3. The quantitative estimate of drug-likeness (QED) is 0.773. The van der Waals surface area contributed by atoms with Gasteiger partial charge in [0.2, 0.25) is 0 Å². The highest BCUT2D eigenvalue weighted by Gasteiger charge is 2.14. The van der Waals surface area contributed by atoms with Crippen molar-refractivity contribution in [3.05, 3.63) is 30.4 Å². The summed E-state index contributed by atoms with van der Waals surface area (Å²) in [5, 5.41) is 9.88. The van der Waals surface area contributed by atoms with Gasteiger partial charge in [0.15, 0.2) is 11.5 Å². The van der Waals surface area contributed by atoms with Crippen molar-refractivity contribution in [1.82, 2.24) is 0 Å². The number of allylic oxidation sites excluding steroid dienone is 1. The predicted molar refractivity (Wildman–Crippen MR) is 59.8 cm³/mol. The van der Waals surface area contributed by atoms with E-state index in [4.69, 9.17) is 9.47 Å². The molecule has 0 aromatic heterocycles. The summed E-state index contributed by atoms with van der Waals surface area (Å²) in [7, 11) is 3.09. The smallest absolute Gasteiger partial charge is 0.164 e. The average molecular weight is 208 g/mol. The Kier molecular flexibility index (Phi) is 3.61. The van der Waals surface area contributed by atoms with E-state index in [9.17, 15) is 5.11 Å². The van der Waals surface area contributed by atoms with Crippen LogP contribution in [-0.4, -0.2) is 19.3 Å². The minimum atomic E-state index is 0.0500. The summed E-state index contributed by atoms with van der Waals surface area (Å²) in [5.41, 5.74) is 0.751. The number of hydrogen-bond donors (Lipinski definition) is 1. The topological polar surface area (TPSA) is 38.7 Å². The van der Waals surface area contributed by atoms with Crippen molar-refractivity contribution in [2.45, 2.75) is 12.8 Å². The zero-order valence-corrected chi connectivity index (χ0v) is 9.28. The maximum absolute atomic E-state index is 9.88. The van der Waals surface area contributed by atoms with Gasteiger partial charge in [-0.05, 0) is 6.07 Å². The van der Waals surface area contributed by atoms with Gasteiger partial charge in [-0.3, -0.25) is 0 Å². The second kappa shape index (κ2) is 4.73. The van der Waals surface area contributed by atoms with E-state index >= 15 is 0 Å². The third-order valence-corrected chi connectivity index (χ3v) is 2.38. The van der Waals surface area contributed by atoms with Crippen LogP contribution in [0.4, 0.5) is 0 Å². The largest absolute Gasteiger partial charge is 0.504 e. The fourth-order valence-electron chi connectivity index (χ4n) is 1.35. The lowest BCUT2D eigenvalue weighted by molar-refractivity contribution is 0.360. The fourth-order valence-corrected chi connectivity index (χ4v) is 1.35. The van der Waals surface area contributed by atoms with Gasteiger partial charge >= 0.3 is 0 Å². The number of benzene rings is 1. The average Bonchev–Trinajstić information content (AvgIpc) is 2.28. The molecule has 0 fully saturated rings. The molecular weight excluding hydrogens is 192 g/mol. The summed E-state index contributed by atoms with van der Waals surface area (Å²) in [6.07, 6.45) is 1.76. The maximum atomic E-state index is 9.88. The van der Waals surface area contributed by atoms with Crippen LogP contribution in [0, 0.1) is 0 Å². The zero-order chi connectivity index (χ0) is 11.4. The number of hydrogen-bond acceptors (Lipinski definition) is 3. The summed E-state index contributed by atoms with van der Waals surface area (Å²) in [4.78, 5) is 0. The summed E-state index contributed by atoms with van der Waals surface area (Å²) in [5.74, 6) is 1.27. The van der Waals surface area contributed by atoms with E-state index < -0.39 is 0 Å². The molecule has 0 aliphatic carbocycles. The highest BCUT2D eigenvalue weighted by Crippen LogP contribution is 2.38. The van der Waals surface area contributed by atoms with E-state index in [1.54, 1.807) is 25.3 Å². The third-order valence-electron chi connectivity index (χ3n) is 2.38. The molecule has 1 unspecified atom stereocenters. The van der Waals surface area contributed by atoms with E-state index in [1.807, 2.05) is 6.92 Å². The van der Waals surface area contributed by atoms with Gasteiger partial charge in [-0.2, -0.15) is 0 Å². The van der Waals surface area contributed by atoms with Crippen molar-refractivity contribution in [3.63, 3.8) is 0 Å². The lowest BCUT2D eigenvalue weighted by Gasteiger charge is -2.14. The summed E-state index contributed by atoms with van der Waals surface area (Å²) in [6, 6.07) is 3.43. The van der Waals surface area contributed by atoms with Crippen LogP contribution in [-0.2, 0) is 0 Å². The highest BCUT2D eigenvalue weighted by molar-refractivity contribution is 5.52. The Hall–Kier alpha value is -1.64. The molecule has 1 rings (SSSR count). The molecule has 3 heteroatoms. The van der Waals surface area contributed by atoms with Crippen LogP contribution < -0.4 is 9.47 Å². The first-order valence-corrected chi connectivity index (χ1v) is 4.71. The molecule has 1 N–H and O–H groups in total. The second-order valence-electron chi connectivity index (χ2n) is 3.29. The molecule has 15 heavy (non-hydrogen) atoms. The van der Waals surface area contributed by atoms with Crippen LogP contribution in [0.25, 0.3) is 0 Å². The molecule has 3 nitrogen and oxygen atoms in total. The van der Waals surface area contributed by atoms with Crippen molar-refractivity contribution in [2.75, 3.05) is 14.2 Å². The van der Waals surface area contributed by atoms with Gasteiger partial charge < -0.3 is 14.6 Å². The van der Waals surface area contributed by atoms with Gasteiger partial charge in [-0.25, -0.2) is 0 Å². The Bertz CT molecular complexity index is 358. The first-order chi connectivity index (χ1) is 7.13. The normalized spacial score (nSPS) is 11.9. The lowest BCUT2D eigenvalue weighted by Crippen LogP contribution is -1.95. The molecule has 1 aromatic rings. The van der Waals surface area contributed by atoms with Crippen LogP contribution in [0.3, 0.4) is 0 Å². The van der Waals surface area contributed by atoms with E-state index in [0.717, 1.165) is 5.56 Å². The molecule has 0 radical (unpaired) electrons. The van der Waals surface area contributed by atoms with Crippen molar-refractivity contribution >= 4 is 0 Å². The molecular formula is C12H16O3. The van der Waals surface area contributed by atoms with Gasteiger partial charge in [-0.15, -0.1) is 6.58 Å². The molecule has 0 aliphatic heterocycles. The van der Waals surface area contributed by atoms with Gasteiger partial charge in [0.1, 0.15) is 5.75 Å². The molecule has 0 bridgehead atoms. The maximum Gasteiger partial charge on any atom is 0.164 e. The SMILES string of the molecule is C=CC(C)c1cc(OC)cc(OC)c1O. The van der Waals surface area contributed by atoms with E-state index in [2.05, 4.69) is 6.58 Å². The van der Waals surface area contributed by atoms with Crippen LogP contribution in [0.1, 0.15) is 18.4 Å². The van der Waals surface area contributed by atoms with Gasteiger partial charge in [0, 0.05) is 17.5 Å². The number of methoxy groups -OCH3 is 2. The number of phenolic OH excluding ortho intramolecular Hbond substituents is 1. The number of ether oxygens (including phenoxy) is 2. The predicted octanol–water partition coefficient (Wildman–Crippen LogP) is 2.70. The summed E-state index contributed by atoms with van der Waals surface area (Å²) >= 11 is 0. The Morgan fingerprint density at radius 2 is 2.00 bits per heavy atom. The van der Waals surface area contributed by atoms with Crippen molar-refractivity contribution < 1.29 is 14.6 Å². The summed E-state index contributed by atoms with van der Waals surface area (Å²) < 4.78 is 10.2. The van der Waals surface area contributed by atoms with Crippen molar-refractivity contribution in [1.29, 1.82) is 0 Å². The van der Waals surface area contributed by atoms with Crippen LogP contribution in [0.2, 0.25) is 0 Å². The molecule has 0 heterocycles. The van der Waals surface area contributed by atoms with Gasteiger partial charge in [-0.1, -0.05) is 13.0 Å². The first-order valence-electron chi connectivity index (χ1n) is 4.71. The summed E-state index contributed by atoms with van der Waals surface area (Å²) in [6.45, 7) is 5.64. The van der Waals surface area contributed by atoms with Crippen LogP contribution in [0.5, 0.6) is 17.2 Å². The van der Waals surface area contributed by atoms with Crippen molar-refractivity contribution in [3.8, 4) is 17.2 Å². The molecule has 0 saturated carbocycles. The number of rotatable bonds is 4. The Morgan fingerprint density at radius 1 is 1.33 bits per heavy atom. The molecule has 1 aromatic carbocycles. The van der Waals surface area contributed by atoms with E-state index in [1.165, 1.54) is 7.11 Å². The monoisotopic (exact) mass is 208 g/mol.